The minimum atomic E-state index is -0.105. The molecule has 1 unspecified atom stereocenters. The van der Waals surface area contributed by atoms with Crippen LogP contribution in [0, 0.1) is 6.92 Å². The van der Waals surface area contributed by atoms with E-state index in [1.165, 1.54) is 5.06 Å². The van der Waals surface area contributed by atoms with E-state index < -0.39 is 0 Å². The van der Waals surface area contributed by atoms with Gasteiger partial charge < -0.3 is 14.6 Å². The molecule has 0 aliphatic carbocycles. The number of H-pyrrole nitrogens is 1. The highest BCUT2D eigenvalue weighted by Crippen LogP contribution is 2.35. The lowest BCUT2D eigenvalue weighted by Gasteiger charge is -2.28. The van der Waals surface area contributed by atoms with Gasteiger partial charge in [-0.25, -0.2) is 9.97 Å². The number of pyridine rings is 1. The molecule has 34 heavy (non-hydrogen) atoms. The summed E-state index contributed by atoms with van der Waals surface area (Å²) in [6, 6.07) is 11.5. The number of aryl methyl sites for hydroxylation is 3. The van der Waals surface area contributed by atoms with E-state index in [0.717, 1.165) is 46.2 Å². The van der Waals surface area contributed by atoms with Crippen molar-refractivity contribution >= 4 is 11.7 Å². The first kappa shape index (κ1) is 20.5. The molecule has 172 valence electrons. The van der Waals surface area contributed by atoms with Gasteiger partial charge in [0.25, 0.3) is 5.91 Å². The summed E-state index contributed by atoms with van der Waals surface area (Å²) in [5.41, 5.74) is 4.78. The molecular formula is C25H24N6O3. The van der Waals surface area contributed by atoms with Crippen LogP contribution in [0.1, 0.15) is 35.0 Å². The highest BCUT2D eigenvalue weighted by atomic mass is 16.7. The second kappa shape index (κ2) is 8.02. The molecule has 0 fully saturated rings. The molecule has 1 atom stereocenters. The molecule has 4 aromatic rings. The lowest BCUT2D eigenvalue weighted by atomic mass is 9.96. The first-order valence-corrected chi connectivity index (χ1v) is 11.3. The van der Waals surface area contributed by atoms with Gasteiger partial charge in [0.15, 0.2) is 11.6 Å². The van der Waals surface area contributed by atoms with Crippen LogP contribution in [0.3, 0.4) is 0 Å². The maximum atomic E-state index is 12.5. The van der Waals surface area contributed by atoms with Gasteiger partial charge in [-0.3, -0.25) is 9.48 Å². The van der Waals surface area contributed by atoms with Crippen LogP contribution in [0.2, 0.25) is 0 Å². The third-order valence-corrected chi connectivity index (χ3v) is 6.28. The van der Waals surface area contributed by atoms with Gasteiger partial charge in [-0.2, -0.15) is 5.10 Å². The van der Waals surface area contributed by atoms with Crippen molar-refractivity contribution in [1.29, 1.82) is 0 Å². The molecule has 0 saturated heterocycles. The van der Waals surface area contributed by atoms with Gasteiger partial charge in [-0.1, -0.05) is 6.07 Å². The number of aromatic amines is 1. The zero-order chi connectivity index (χ0) is 23.2. The maximum Gasteiger partial charge on any atom is 0.262 e. The Morgan fingerprint density at radius 3 is 2.94 bits per heavy atom. The Kier molecular flexibility index (Phi) is 4.83. The van der Waals surface area contributed by atoms with Crippen molar-refractivity contribution in [1.82, 2.24) is 24.7 Å². The minimum Gasteiger partial charge on any atom is -0.493 e. The lowest BCUT2D eigenvalue weighted by molar-refractivity contribution is -0.123. The fraction of sp³-hybridized carbons (Fsp3) is 0.280. The number of nitrogens with zero attached hydrogens (tertiary/aromatic N) is 5. The SMILES string of the molecule is Cc1cc(-c2c[nH]c(C3COc4ccc(ON5C(=O)CCc6cccnc65)cc4C3)n2)n(C)n1. The van der Waals surface area contributed by atoms with Crippen LogP contribution in [-0.2, 0) is 24.7 Å². The van der Waals surface area contributed by atoms with Gasteiger partial charge >= 0.3 is 0 Å². The third-order valence-electron chi connectivity index (χ3n) is 6.28. The number of nitrogens with one attached hydrogen (secondary N) is 1. The van der Waals surface area contributed by atoms with Crippen molar-refractivity contribution in [2.45, 2.75) is 32.1 Å². The predicted molar refractivity (Wildman–Crippen MR) is 125 cm³/mol. The number of aromatic nitrogens is 5. The number of imidazole rings is 1. The summed E-state index contributed by atoms with van der Waals surface area (Å²) in [5, 5.41) is 5.71. The Morgan fingerprint density at radius 1 is 1.18 bits per heavy atom. The fourth-order valence-corrected chi connectivity index (χ4v) is 4.60. The Labute approximate surface area is 196 Å². The summed E-state index contributed by atoms with van der Waals surface area (Å²) in [4.78, 5) is 31.0. The third kappa shape index (κ3) is 3.59. The molecular weight excluding hydrogens is 432 g/mol. The van der Waals surface area contributed by atoms with Crippen molar-refractivity contribution in [2.24, 2.45) is 7.05 Å². The van der Waals surface area contributed by atoms with E-state index in [9.17, 15) is 4.79 Å². The van der Waals surface area contributed by atoms with E-state index in [2.05, 4.69) is 15.1 Å². The number of carbonyl (C=O) groups excluding carboxylic acids is 1. The summed E-state index contributed by atoms with van der Waals surface area (Å²) >= 11 is 0. The molecule has 2 aliphatic rings. The van der Waals surface area contributed by atoms with Gasteiger partial charge in [-0.05, 0) is 61.2 Å². The monoisotopic (exact) mass is 456 g/mol. The van der Waals surface area contributed by atoms with Gasteiger partial charge in [-0.15, -0.1) is 5.06 Å². The minimum absolute atomic E-state index is 0.0739. The van der Waals surface area contributed by atoms with Crippen LogP contribution in [0.4, 0.5) is 5.82 Å². The first-order valence-electron chi connectivity index (χ1n) is 11.3. The Bertz CT molecular complexity index is 1390. The Morgan fingerprint density at radius 2 is 2.09 bits per heavy atom. The average Bonchev–Trinajstić information content (AvgIpc) is 3.46. The molecule has 2 aliphatic heterocycles. The molecule has 0 bridgehead atoms. The van der Waals surface area contributed by atoms with Crippen LogP contribution in [0.15, 0.2) is 48.8 Å². The molecule has 1 amide bonds. The second-order valence-corrected chi connectivity index (χ2v) is 8.71. The molecule has 1 N–H and O–H groups in total. The predicted octanol–water partition coefficient (Wildman–Crippen LogP) is 3.51. The fourth-order valence-electron chi connectivity index (χ4n) is 4.60. The molecule has 1 aromatic carbocycles. The number of rotatable bonds is 4. The normalized spacial score (nSPS) is 17.2. The van der Waals surface area contributed by atoms with Crippen LogP contribution in [0.25, 0.3) is 11.4 Å². The van der Waals surface area contributed by atoms with E-state index in [-0.39, 0.29) is 11.8 Å². The number of carbonyl (C=O) groups is 1. The number of hydrogen-bond donors (Lipinski definition) is 1. The van der Waals surface area contributed by atoms with Crippen LogP contribution in [0.5, 0.6) is 11.5 Å². The molecule has 0 spiro atoms. The number of hydrogen-bond acceptors (Lipinski definition) is 6. The maximum absolute atomic E-state index is 12.5. The highest BCUT2D eigenvalue weighted by molar-refractivity contribution is 5.93. The largest absolute Gasteiger partial charge is 0.493 e. The molecule has 6 rings (SSSR count). The smallest absolute Gasteiger partial charge is 0.262 e. The zero-order valence-corrected chi connectivity index (χ0v) is 19.0. The molecule has 9 nitrogen and oxygen atoms in total. The first-order chi connectivity index (χ1) is 16.5. The van der Waals surface area contributed by atoms with Crippen molar-refractivity contribution in [2.75, 3.05) is 11.7 Å². The van der Waals surface area contributed by atoms with Crippen molar-refractivity contribution in [3.8, 4) is 22.9 Å². The summed E-state index contributed by atoms with van der Waals surface area (Å²) in [6.07, 6.45) is 5.39. The number of fused-ring (bicyclic) bond motifs is 2. The quantitative estimate of drug-likeness (QED) is 0.505. The molecule has 3 aromatic heterocycles. The van der Waals surface area contributed by atoms with E-state index >= 15 is 0 Å². The van der Waals surface area contributed by atoms with Gasteiger partial charge in [0.1, 0.15) is 17.3 Å². The summed E-state index contributed by atoms with van der Waals surface area (Å²) < 4.78 is 7.86. The van der Waals surface area contributed by atoms with Gasteiger partial charge in [0.2, 0.25) is 0 Å². The summed E-state index contributed by atoms with van der Waals surface area (Å²) in [6.45, 7) is 2.50. The van der Waals surface area contributed by atoms with Crippen LogP contribution < -0.4 is 14.6 Å². The topological polar surface area (TPSA) is 98.2 Å². The second-order valence-electron chi connectivity index (χ2n) is 8.71. The lowest BCUT2D eigenvalue weighted by Crippen LogP contribution is -2.38. The van der Waals surface area contributed by atoms with Crippen LogP contribution >= 0.6 is 0 Å². The van der Waals surface area contributed by atoms with E-state index in [1.807, 2.05) is 61.2 Å². The Balaban J connectivity index is 1.23. The Hall–Kier alpha value is -4.14. The summed E-state index contributed by atoms with van der Waals surface area (Å²) in [5.74, 6) is 2.78. The average molecular weight is 457 g/mol. The highest BCUT2D eigenvalue weighted by Gasteiger charge is 2.29. The molecule has 9 heteroatoms. The van der Waals surface area contributed by atoms with Crippen LogP contribution in [-0.4, -0.2) is 37.2 Å². The van der Waals surface area contributed by atoms with E-state index in [1.54, 1.807) is 6.20 Å². The summed E-state index contributed by atoms with van der Waals surface area (Å²) in [7, 11) is 1.92. The number of benzene rings is 1. The standard InChI is InChI=1S/C25H24N6O3/c1-15-10-21(30(2)29-15)20-13-27-24(28-20)18-11-17-12-19(6-7-22(17)33-14-18)34-31-23(32)8-5-16-4-3-9-26-25(16)31/h3-4,6-7,9-10,12-13,18H,5,8,11,14H2,1-2H3,(H,27,28). The van der Waals surface area contributed by atoms with Crippen molar-refractivity contribution < 1.29 is 14.4 Å². The van der Waals surface area contributed by atoms with E-state index in [0.29, 0.717) is 31.0 Å². The van der Waals surface area contributed by atoms with Gasteiger partial charge in [0.05, 0.1) is 23.9 Å². The molecule has 0 radical (unpaired) electrons. The molecule has 5 heterocycles. The molecule has 0 saturated carbocycles. The van der Waals surface area contributed by atoms with Gasteiger partial charge in [0, 0.05) is 25.9 Å². The number of ether oxygens (including phenoxy) is 1. The zero-order valence-electron chi connectivity index (χ0n) is 19.0. The number of amides is 1. The number of hydroxylamine groups is 1. The van der Waals surface area contributed by atoms with Crippen molar-refractivity contribution in [3.05, 3.63) is 71.4 Å². The number of anilines is 1. The van der Waals surface area contributed by atoms with Crippen molar-refractivity contribution in [3.63, 3.8) is 0 Å². The van der Waals surface area contributed by atoms with E-state index in [4.69, 9.17) is 14.6 Å².